The van der Waals surface area contributed by atoms with Gasteiger partial charge in [0.2, 0.25) is 5.91 Å². The van der Waals surface area contributed by atoms with Crippen molar-refractivity contribution in [2.24, 2.45) is 5.10 Å². The van der Waals surface area contributed by atoms with Gasteiger partial charge in [-0.3, -0.25) is 4.79 Å². The molecule has 0 spiro atoms. The Labute approximate surface area is 173 Å². The van der Waals surface area contributed by atoms with Crippen molar-refractivity contribution in [3.05, 3.63) is 95.0 Å². The lowest BCUT2D eigenvalue weighted by Gasteiger charge is -2.09. The second-order valence-corrected chi connectivity index (χ2v) is 7.33. The van der Waals surface area contributed by atoms with Crippen LogP contribution in [0.25, 0.3) is 0 Å². The van der Waals surface area contributed by atoms with Crippen molar-refractivity contribution in [3.8, 4) is 5.75 Å². The minimum absolute atomic E-state index is 0.182. The molecule has 0 saturated carbocycles. The van der Waals surface area contributed by atoms with Gasteiger partial charge in [0.25, 0.3) is 0 Å². The number of carbonyl (C=O) groups excluding carboxylic acids is 1. The number of halogens is 1. The molecule has 0 atom stereocenters. The standard InChI is InChI=1S/C22H19ClN2O2S/c23-19-10-12-20(13-11-19)28-16-22(26)25-24-14-18-8-4-5-9-21(18)27-15-17-6-2-1-3-7-17/h1-14H,15-16H2,(H,25,26). The maximum absolute atomic E-state index is 12.0. The van der Waals surface area contributed by atoms with E-state index in [0.717, 1.165) is 16.0 Å². The van der Waals surface area contributed by atoms with Crippen LogP contribution in [-0.4, -0.2) is 17.9 Å². The predicted molar refractivity (Wildman–Crippen MR) is 115 cm³/mol. The van der Waals surface area contributed by atoms with Crippen LogP contribution in [0.4, 0.5) is 0 Å². The molecule has 0 heterocycles. The van der Waals surface area contributed by atoms with Gasteiger partial charge in [-0.2, -0.15) is 5.10 Å². The maximum atomic E-state index is 12.0. The molecule has 0 bridgehead atoms. The van der Waals surface area contributed by atoms with Crippen molar-refractivity contribution in [3.63, 3.8) is 0 Å². The molecule has 142 valence electrons. The van der Waals surface area contributed by atoms with Gasteiger partial charge in [-0.25, -0.2) is 5.43 Å². The van der Waals surface area contributed by atoms with E-state index >= 15 is 0 Å². The number of nitrogens with one attached hydrogen (secondary N) is 1. The number of rotatable bonds is 8. The lowest BCUT2D eigenvalue weighted by Crippen LogP contribution is -2.19. The molecular formula is C22H19ClN2O2S. The smallest absolute Gasteiger partial charge is 0.250 e. The monoisotopic (exact) mass is 410 g/mol. The first-order valence-electron chi connectivity index (χ1n) is 8.67. The summed E-state index contributed by atoms with van der Waals surface area (Å²) in [5.41, 5.74) is 4.42. The molecule has 0 aliphatic carbocycles. The van der Waals surface area contributed by atoms with Gasteiger partial charge < -0.3 is 4.74 Å². The quantitative estimate of drug-likeness (QED) is 0.317. The molecule has 28 heavy (non-hydrogen) atoms. The van der Waals surface area contributed by atoms with E-state index in [0.29, 0.717) is 17.4 Å². The molecular weight excluding hydrogens is 392 g/mol. The van der Waals surface area contributed by atoms with E-state index in [9.17, 15) is 4.79 Å². The SMILES string of the molecule is O=C(CSc1ccc(Cl)cc1)NN=Cc1ccccc1OCc1ccccc1. The van der Waals surface area contributed by atoms with Gasteiger partial charge in [-0.05, 0) is 42.0 Å². The number of amides is 1. The molecule has 1 N–H and O–H groups in total. The van der Waals surface area contributed by atoms with E-state index < -0.39 is 0 Å². The zero-order valence-electron chi connectivity index (χ0n) is 15.0. The Balaban J connectivity index is 1.50. The summed E-state index contributed by atoms with van der Waals surface area (Å²) in [5.74, 6) is 0.796. The third kappa shape index (κ3) is 6.44. The number of nitrogens with zero attached hydrogens (tertiary/aromatic N) is 1. The fourth-order valence-electron chi connectivity index (χ4n) is 2.34. The Hall–Kier alpha value is -2.76. The van der Waals surface area contributed by atoms with Crippen molar-refractivity contribution in [2.45, 2.75) is 11.5 Å². The van der Waals surface area contributed by atoms with Gasteiger partial charge in [0.15, 0.2) is 0 Å². The first kappa shape index (κ1) is 20.0. The summed E-state index contributed by atoms with van der Waals surface area (Å²) in [6.45, 7) is 0.468. The van der Waals surface area contributed by atoms with Gasteiger partial charge in [-0.1, -0.05) is 54.1 Å². The number of hydrazone groups is 1. The third-order valence-corrected chi connectivity index (χ3v) is 5.00. The summed E-state index contributed by atoms with van der Waals surface area (Å²) in [4.78, 5) is 12.9. The second kappa shape index (κ2) is 10.5. The van der Waals surface area contributed by atoms with E-state index in [1.165, 1.54) is 11.8 Å². The molecule has 0 aliphatic heterocycles. The van der Waals surface area contributed by atoms with Gasteiger partial charge in [0.05, 0.1) is 12.0 Å². The molecule has 0 saturated heterocycles. The predicted octanol–water partition coefficient (Wildman–Crippen LogP) is 5.16. The lowest BCUT2D eigenvalue weighted by molar-refractivity contribution is -0.118. The van der Waals surface area contributed by atoms with Crippen LogP contribution in [0.15, 0.2) is 88.9 Å². The molecule has 0 fully saturated rings. The highest BCUT2D eigenvalue weighted by Crippen LogP contribution is 2.20. The largest absolute Gasteiger partial charge is 0.488 e. The van der Waals surface area contributed by atoms with Crippen LogP contribution in [0.3, 0.4) is 0 Å². The first-order chi connectivity index (χ1) is 13.7. The van der Waals surface area contributed by atoms with Crippen molar-refractivity contribution in [1.29, 1.82) is 0 Å². The van der Waals surface area contributed by atoms with Gasteiger partial charge >= 0.3 is 0 Å². The lowest BCUT2D eigenvalue weighted by atomic mass is 10.2. The topological polar surface area (TPSA) is 50.7 Å². The summed E-state index contributed by atoms with van der Waals surface area (Å²) in [6.07, 6.45) is 1.59. The van der Waals surface area contributed by atoms with E-state index in [1.54, 1.807) is 18.3 Å². The van der Waals surface area contributed by atoms with Crippen LogP contribution >= 0.6 is 23.4 Å². The Morgan fingerprint density at radius 1 is 1.00 bits per heavy atom. The Bertz CT molecular complexity index is 931. The van der Waals surface area contributed by atoms with Crippen LogP contribution in [0, 0.1) is 0 Å². The van der Waals surface area contributed by atoms with Crippen LogP contribution in [0.1, 0.15) is 11.1 Å². The van der Waals surface area contributed by atoms with Crippen molar-refractivity contribution >= 4 is 35.5 Å². The van der Waals surface area contributed by atoms with Crippen LogP contribution < -0.4 is 10.2 Å². The molecule has 3 aromatic carbocycles. The summed E-state index contributed by atoms with van der Waals surface area (Å²) in [6, 6.07) is 24.9. The second-order valence-electron chi connectivity index (χ2n) is 5.85. The molecule has 0 aromatic heterocycles. The molecule has 0 unspecified atom stereocenters. The molecule has 4 nitrogen and oxygen atoms in total. The number of hydrogen-bond acceptors (Lipinski definition) is 4. The summed E-state index contributed by atoms with van der Waals surface area (Å²) in [7, 11) is 0. The van der Waals surface area contributed by atoms with Crippen LogP contribution in [-0.2, 0) is 11.4 Å². The molecule has 1 amide bonds. The molecule has 0 aliphatic rings. The van der Waals surface area contributed by atoms with E-state index in [4.69, 9.17) is 16.3 Å². The van der Waals surface area contributed by atoms with Gasteiger partial charge in [-0.15, -0.1) is 11.8 Å². The summed E-state index contributed by atoms with van der Waals surface area (Å²) >= 11 is 7.28. The molecule has 6 heteroatoms. The minimum atomic E-state index is -0.182. The Morgan fingerprint density at radius 2 is 1.71 bits per heavy atom. The summed E-state index contributed by atoms with van der Waals surface area (Å²) < 4.78 is 5.88. The number of thioether (sulfide) groups is 1. The normalized spacial score (nSPS) is 10.8. The highest BCUT2D eigenvalue weighted by molar-refractivity contribution is 8.00. The van der Waals surface area contributed by atoms with Gasteiger partial charge in [0.1, 0.15) is 12.4 Å². The van der Waals surface area contributed by atoms with Gasteiger partial charge in [0, 0.05) is 15.5 Å². The first-order valence-corrected chi connectivity index (χ1v) is 10.0. The van der Waals surface area contributed by atoms with Crippen LogP contribution in [0.5, 0.6) is 5.75 Å². The molecule has 3 rings (SSSR count). The number of carbonyl (C=O) groups is 1. The van der Waals surface area contributed by atoms with E-state index in [-0.39, 0.29) is 11.7 Å². The zero-order valence-corrected chi connectivity index (χ0v) is 16.6. The fraction of sp³-hybridized carbons (Fsp3) is 0.0909. The maximum Gasteiger partial charge on any atom is 0.250 e. The average molecular weight is 411 g/mol. The van der Waals surface area contributed by atoms with Crippen molar-refractivity contribution < 1.29 is 9.53 Å². The van der Waals surface area contributed by atoms with Crippen LogP contribution in [0.2, 0.25) is 5.02 Å². The van der Waals surface area contributed by atoms with Crippen molar-refractivity contribution in [1.82, 2.24) is 5.43 Å². The number of ether oxygens (including phenoxy) is 1. The molecule has 0 radical (unpaired) electrons. The van der Waals surface area contributed by atoms with E-state index in [2.05, 4.69) is 10.5 Å². The Kier molecular flexibility index (Phi) is 7.53. The zero-order chi connectivity index (χ0) is 19.6. The molecule has 3 aromatic rings. The highest BCUT2D eigenvalue weighted by Gasteiger charge is 2.03. The Morgan fingerprint density at radius 3 is 2.50 bits per heavy atom. The number of benzene rings is 3. The number of hydrogen-bond donors (Lipinski definition) is 1. The summed E-state index contributed by atoms with van der Waals surface area (Å²) in [5, 5.41) is 4.72. The van der Waals surface area contributed by atoms with Crippen molar-refractivity contribution in [2.75, 3.05) is 5.75 Å². The average Bonchev–Trinajstić information content (AvgIpc) is 2.73. The highest BCUT2D eigenvalue weighted by atomic mass is 35.5. The number of para-hydroxylation sites is 1. The van der Waals surface area contributed by atoms with E-state index in [1.807, 2.05) is 66.7 Å². The minimum Gasteiger partial charge on any atom is -0.488 e. The fourth-order valence-corrected chi connectivity index (χ4v) is 3.16. The third-order valence-electron chi connectivity index (χ3n) is 3.73.